The summed E-state index contributed by atoms with van der Waals surface area (Å²) in [5.41, 5.74) is 2.98. The van der Waals surface area contributed by atoms with Crippen LogP contribution in [0.25, 0.3) is 0 Å². The maximum atomic E-state index is 5.52. The highest BCUT2D eigenvalue weighted by Gasteiger charge is 2.19. The Bertz CT molecular complexity index is 425. The van der Waals surface area contributed by atoms with Crippen LogP contribution in [0, 0.1) is 0 Å². The Morgan fingerprint density at radius 1 is 1.25 bits per heavy atom. The van der Waals surface area contributed by atoms with Crippen LogP contribution >= 0.6 is 0 Å². The van der Waals surface area contributed by atoms with Crippen LogP contribution in [-0.2, 0) is 17.8 Å². The lowest BCUT2D eigenvalue weighted by molar-refractivity contribution is -0.00449. The van der Waals surface area contributed by atoms with E-state index in [-0.39, 0.29) is 5.54 Å². The topological polar surface area (TPSA) is 24.5 Å². The number of benzene rings is 1. The molecule has 0 aromatic heterocycles. The van der Waals surface area contributed by atoms with E-state index in [2.05, 4.69) is 62.2 Å². The van der Waals surface area contributed by atoms with Gasteiger partial charge in [0.1, 0.15) is 0 Å². The van der Waals surface area contributed by atoms with E-state index in [4.69, 9.17) is 4.74 Å². The third-order valence-electron chi connectivity index (χ3n) is 3.81. The molecule has 1 fully saturated rings. The molecule has 20 heavy (non-hydrogen) atoms. The van der Waals surface area contributed by atoms with Crippen LogP contribution in [0.15, 0.2) is 24.3 Å². The van der Waals surface area contributed by atoms with Crippen molar-refractivity contribution >= 4 is 0 Å². The van der Waals surface area contributed by atoms with E-state index in [1.165, 1.54) is 11.1 Å². The van der Waals surface area contributed by atoms with Gasteiger partial charge >= 0.3 is 0 Å². The number of hydrogen-bond acceptors (Lipinski definition) is 3. The number of rotatable bonds is 4. The summed E-state index contributed by atoms with van der Waals surface area (Å²) in [5, 5.41) is 3.58. The summed E-state index contributed by atoms with van der Waals surface area (Å²) < 4.78 is 5.52. The van der Waals surface area contributed by atoms with Crippen molar-refractivity contribution in [1.29, 1.82) is 0 Å². The summed E-state index contributed by atoms with van der Waals surface area (Å²) in [4.78, 5) is 2.51. The standard InChI is InChI=1S/C17H28N2O/c1-14-13-20-10-9-19(14)12-16-8-6-5-7-15(16)11-18-17(2,3)4/h5-8,14,18H,9-13H2,1-4H3. The zero-order valence-corrected chi connectivity index (χ0v) is 13.3. The third kappa shape index (κ3) is 4.58. The Hall–Kier alpha value is -0.900. The van der Waals surface area contributed by atoms with Gasteiger partial charge in [0.25, 0.3) is 0 Å². The molecule has 0 radical (unpaired) electrons. The van der Waals surface area contributed by atoms with Crippen molar-refractivity contribution in [3.05, 3.63) is 35.4 Å². The molecule has 2 rings (SSSR count). The first-order valence-electron chi connectivity index (χ1n) is 7.59. The number of nitrogens with one attached hydrogen (secondary N) is 1. The molecule has 0 aliphatic carbocycles. The normalized spacial score (nSPS) is 21.1. The van der Waals surface area contributed by atoms with Crippen LogP contribution in [0.3, 0.4) is 0 Å². The van der Waals surface area contributed by atoms with Crippen LogP contribution in [0.2, 0.25) is 0 Å². The summed E-state index contributed by atoms with van der Waals surface area (Å²) in [5.74, 6) is 0. The molecule has 1 heterocycles. The van der Waals surface area contributed by atoms with Crippen LogP contribution < -0.4 is 5.32 Å². The van der Waals surface area contributed by atoms with E-state index < -0.39 is 0 Å². The third-order valence-corrected chi connectivity index (χ3v) is 3.81. The lowest BCUT2D eigenvalue weighted by atomic mass is 10.0. The molecule has 1 aliphatic heterocycles. The second kappa shape index (κ2) is 6.70. The van der Waals surface area contributed by atoms with Gasteiger partial charge in [-0.3, -0.25) is 4.90 Å². The highest BCUT2D eigenvalue weighted by molar-refractivity contribution is 5.27. The fraction of sp³-hybridized carbons (Fsp3) is 0.647. The maximum absolute atomic E-state index is 5.52. The predicted octanol–water partition coefficient (Wildman–Crippen LogP) is 2.80. The molecule has 0 bridgehead atoms. The van der Waals surface area contributed by atoms with Gasteiger partial charge in [-0.25, -0.2) is 0 Å². The fourth-order valence-corrected chi connectivity index (χ4v) is 2.46. The van der Waals surface area contributed by atoms with Crippen molar-refractivity contribution in [2.75, 3.05) is 19.8 Å². The summed E-state index contributed by atoms with van der Waals surface area (Å²) in [6.07, 6.45) is 0. The van der Waals surface area contributed by atoms with Crippen molar-refractivity contribution in [3.8, 4) is 0 Å². The summed E-state index contributed by atoms with van der Waals surface area (Å²) in [6, 6.07) is 9.26. The van der Waals surface area contributed by atoms with Crippen LogP contribution in [-0.4, -0.2) is 36.2 Å². The Balaban J connectivity index is 2.03. The minimum Gasteiger partial charge on any atom is -0.379 e. The maximum Gasteiger partial charge on any atom is 0.0619 e. The van der Waals surface area contributed by atoms with Crippen LogP contribution in [0.4, 0.5) is 0 Å². The molecule has 1 N–H and O–H groups in total. The van der Waals surface area contributed by atoms with Crippen molar-refractivity contribution in [2.45, 2.75) is 52.4 Å². The molecule has 112 valence electrons. The van der Waals surface area contributed by atoms with Gasteiger partial charge in [0.2, 0.25) is 0 Å². The molecule has 1 saturated heterocycles. The van der Waals surface area contributed by atoms with E-state index in [1.807, 2.05) is 0 Å². The second-order valence-electron chi connectivity index (χ2n) is 6.77. The molecule has 1 unspecified atom stereocenters. The molecule has 1 aromatic rings. The smallest absolute Gasteiger partial charge is 0.0619 e. The molecule has 0 spiro atoms. The zero-order chi connectivity index (χ0) is 14.6. The van der Waals surface area contributed by atoms with Crippen molar-refractivity contribution in [2.24, 2.45) is 0 Å². The van der Waals surface area contributed by atoms with E-state index in [0.29, 0.717) is 6.04 Å². The fourth-order valence-electron chi connectivity index (χ4n) is 2.46. The molecule has 0 amide bonds. The van der Waals surface area contributed by atoms with E-state index in [0.717, 1.165) is 32.8 Å². The average molecular weight is 276 g/mol. The van der Waals surface area contributed by atoms with Crippen molar-refractivity contribution in [3.63, 3.8) is 0 Å². The number of morpholine rings is 1. The van der Waals surface area contributed by atoms with Gasteiger partial charge in [-0.15, -0.1) is 0 Å². The minimum absolute atomic E-state index is 0.152. The van der Waals surface area contributed by atoms with Gasteiger partial charge in [0.05, 0.1) is 13.2 Å². The molecule has 0 saturated carbocycles. The van der Waals surface area contributed by atoms with Gasteiger partial charge in [0, 0.05) is 31.2 Å². The first-order valence-corrected chi connectivity index (χ1v) is 7.59. The van der Waals surface area contributed by atoms with Crippen LogP contribution in [0.5, 0.6) is 0 Å². The SMILES string of the molecule is CC1COCCN1Cc1ccccc1CNC(C)(C)C. The number of hydrogen-bond donors (Lipinski definition) is 1. The number of nitrogens with zero attached hydrogens (tertiary/aromatic N) is 1. The van der Waals surface area contributed by atoms with Gasteiger partial charge < -0.3 is 10.1 Å². The van der Waals surface area contributed by atoms with Gasteiger partial charge in [-0.1, -0.05) is 24.3 Å². The van der Waals surface area contributed by atoms with E-state index >= 15 is 0 Å². The van der Waals surface area contributed by atoms with E-state index in [1.54, 1.807) is 0 Å². The second-order valence-corrected chi connectivity index (χ2v) is 6.77. The Labute approximate surface area is 123 Å². The molecule has 1 atom stereocenters. The zero-order valence-electron chi connectivity index (χ0n) is 13.3. The van der Waals surface area contributed by atoms with Gasteiger partial charge in [-0.05, 0) is 38.8 Å². The summed E-state index contributed by atoms with van der Waals surface area (Å²) in [6.45, 7) is 13.6. The Kier molecular flexibility index (Phi) is 5.19. The first kappa shape index (κ1) is 15.5. The molecule has 3 nitrogen and oxygen atoms in total. The van der Waals surface area contributed by atoms with Crippen molar-refractivity contribution < 1.29 is 4.74 Å². The van der Waals surface area contributed by atoms with Gasteiger partial charge in [-0.2, -0.15) is 0 Å². The summed E-state index contributed by atoms with van der Waals surface area (Å²) >= 11 is 0. The molecule has 3 heteroatoms. The van der Waals surface area contributed by atoms with E-state index in [9.17, 15) is 0 Å². The average Bonchev–Trinajstić information content (AvgIpc) is 2.39. The monoisotopic (exact) mass is 276 g/mol. The predicted molar refractivity (Wildman–Crippen MR) is 83.7 cm³/mol. The highest BCUT2D eigenvalue weighted by Crippen LogP contribution is 2.16. The quantitative estimate of drug-likeness (QED) is 0.915. The highest BCUT2D eigenvalue weighted by atomic mass is 16.5. The molecular formula is C17H28N2O. The van der Waals surface area contributed by atoms with Crippen molar-refractivity contribution in [1.82, 2.24) is 10.2 Å². The first-order chi connectivity index (χ1) is 9.46. The number of ether oxygens (including phenoxy) is 1. The molecule has 1 aromatic carbocycles. The lowest BCUT2D eigenvalue weighted by Crippen LogP contribution is -2.43. The Morgan fingerprint density at radius 2 is 1.95 bits per heavy atom. The molecule has 1 aliphatic rings. The van der Waals surface area contributed by atoms with Crippen LogP contribution in [0.1, 0.15) is 38.8 Å². The summed E-state index contributed by atoms with van der Waals surface area (Å²) in [7, 11) is 0. The largest absolute Gasteiger partial charge is 0.379 e. The molecular weight excluding hydrogens is 248 g/mol. The van der Waals surface area contributed by atoms with Gasteiger partial charge in [0.15, 0.2) is 0 Å². The minimum atomic E-state index is 0.152. The lowest BCUT2D eigenvalue weighted by Gasteiger charge is -2.34. The Morgan fingerprint density at radius 3 is 2.60 bits per heavy atom.